The van der Waals surface area contributed by atoms with Gasteiger partial charge in [-0.3, -0.25) is 0 Å². The van der Waals surface area contributed by atoms with Crippen molar-refractivity contribution in [3.05, 3.63) is 60.7 Å². The number of amides is 1. The molecule has 30 heavy (non-hydrogen) atoms. The van der Waals surface area contributed by atoms with E-state index in [0.717, 1.165) is 10.4 Å². The van der Waals surface area contributed by atoms with Gasteiger partial charge >= 0.3 is 6.09 Å². The van der Waals surface area contributed by atoms with E-state index in [-0.39, 0.29) is 17.9 Å². The van der Waals surface area contributed by atoms with Crippen molar-refractivity contribution in [2.75, 3.05) is 0 Å². The molecule has 3 atom stereocenters. The van der Waals surface area contributed by atoms with Gasteiger partial charge in [0.1, 0.15) is 6.10 Å². The molecule has 2 N–H and O–H groups in total. The highest BCUT2D eigenvalue weighted by atomic mass is 28.4. The van der Waals surface area contributed by atoms with Gasteiger partial charge in [-0.25, -0.2) is 13.6 Å². The van der Waals surface area contributed by atoms with E-state index in [1.54, 1.807) is 0 Å². The first-order valence-electron chi connectivity index (χ1n) is 10.2. The maximum atomic E-state index is 13.5. The summed E-state index contributed by atoms with van der Waals surface area (Å²) in [6.07, 6.45) is -4.74. The van der Waals surface area contributed by atoms with Gasteiger partial charge in [-0.15, -0.1) is 0 Å². The molecule has 0 bridgehead atoms. The number of rotatable bonds is 6. The summed E-state index contributed by atoms with van der Waals surface area (Å²) in [5.41, 5.74) is 5.23. The average Bonchev–Trinajstić information content (AvgIpc) is 3.08. The predicted molar refractivity (Wildman–Crippen MR) is 116 cm³/mol. The Balaban J connectivity index is 2.11. The summed E-state index contributed by atoms with van der Waals surface area (Å²) >= 11 is 0. The SMILES string of the molecule is CC(C)(C)[Si](O[C@@H]1C[C@H](C(F)F)C[C@H]1OC(N)=O)(c1ccccc1)c1ccccc1. The number of primary amides is 1. The number of hydrogen-bond acceptors (Lipinski definition) is 3. The monoisotopic (exact) mass is 433 g/mol. The van der Waals surface area contributed by atoms with Crippen molar-refractivity contribution in [2.45, 2.75) is 57.3 Å². The molecule has 7 heteroatoms. The molecule has 3 rings (SSSR count). The second-order valence-electron chi connectivity index (χ2n) is 8.86. The molecular weight excluding hydrogens is 404 g/mol. The Morgan fingerprint density at radius 1 is 0.967 bits per heavy atom. The van der Waals surface area contributed by atoms with Gasteiger partial charge in [0.15, 0.2) is 0 Å². The van der Waals surface area contributed by atoms with Crippen LogP contribution in [0, 0.1) is 5.92 Å². The zero-order valence-electron chi connectivity index (χ0n) is 17.6. The Labute approximate surface area is 177 Å². The lowest BCUT2D eigenvalue weighted by molar-refractivity contribution is 0.0340. The fraction of sp³-hybridized carbons (Fsp3) is 0.435. The summed E-state index contributed by atoms with van der Waals surface area (Å²) < 4.78 is 39.2. The third kappa shape index (κ3) is 4.42. The molecule has 1 fully saturated rings. The summed E-state index contributed by atoms with van der Waals surface area (Å²) in [4.78, 5) is 11.4. The second kappa shape index (κ2) is 8.86. The molecule has 162 valence electrons. The molecule has 0 heterocycles. The van der Waals surface area contributed by atoms with E-state index < -0.39 is 39.0 Å². The third-order valence-corrected chi connectivity index (χ3v) is 10.9. The Kier molecular flexibility index (Phi) is 6.62. The summed E-state index contributed by atoms with van der Waals surface area (Å²) in [5, 5.41) is 1.78. The van der Waals surface area contributed by atoms with Gasteiger partial charge in [0.25, 0.3) is 8.32 Å². The van der Waals surface area contributed by atoms with Crippen LogP contribution in [0.3, 0.4) is 0 Å². The molecule has 0 radical (unpaired) electrons. The first kappa shape index (κ1) is 22.4. The predicted octanol–water partition coefficient (Wildman–Crippen LogP) is 4.07. The number of carbonyl (C=O) groups excluding carboxylic acids is 1. The number of nitrogens with two attached hydrogens (primary N) is 1. The van der Waals surface area contributed by atoms with Gasteiger partial charge in [0.05, 0.1) is 6.10 Å². The van der Waals surface area contributed by atoms with Crippen LogP contribution in [0.1, 0.15) is 33.6 Å². The van der Waals surface area contributed by atoms with Crippen LogP contribution in [0.2, 0.25) is 5.04 Å². The van der Waals surface area contributed by atoms with Gasteiger partial charge in [-0.2, -0.15) is 0 Å². The number of ether oxygens (including phenoxy) is 1. The van der Waals surface area contributed by atoms with Gasteiger partial charge in [0, 0.05) is 5.92 Å². The number of alkyl halides is 2. The number of halogens is 2. The molecular formula is C23H29F2NO3Si. The molecule has 0 aromatic heterocycles. The first-order chi connectivity index (χ1) is 14.1. The topological polar surface area (TPSA) is 61.6 Å². The zero-order valence-corrected chi connectivity index (χ0v) is 18.6. The Bertz CT molecular complexity index is 803. The lowest BCUT2D eigenvalue weighted by Gasteiger charge is -2.45. The van der Waals surface area contributed by atoms with Crippen LogP contribution >= 0.6 is 0 Å². The van der Waals surface area contributed by atoms with Gasteiger partial charge in [0.2, 0.25) is 6.43 Å². The van der Waals surface area contributed by atoms with E-state index in [4.69, 9.17) is 14.9 Å². The Morgan fingerprint density at radius 2 is 1.43 bits per heavy atom. The van der Waals surface area contributed by atoms with E-state index in [1.807, 2.05) is 60.7 Å². The molecule has 1 amide bonds. The van der Waals surface area contributed by atoms with Crippen molar-refractivity contribution in [2.24, 2.45) is 11.7 Å². The number of benzene rings is 2. The van der Waals surface area contributed by atoms with E-state index in [9.17, 15) is 13.6 Å². The molecule has 0 spiro atoms. The molecule has 2 aromatic rings. The fourth-order valence-corrected chi connectivity index (χ4v) is 9.23. The Hall–Kier alpha value is -2.25. The van der Waals surface area contributed by atoms with Crippen LogP contribution in [0.4, 0.5) is 13.6 Å². The molecule has 1 saturated carbocycles. The van der Waals surface area contributed by atoms with Crippen molar-refractivity contribution in [3.8, 4) is 0 Å². The minimum Gasteiger partial charge on any atom is -0.444 e. The van der Waals surface area contributed by atoms with Crippen LogP contribution in [0.15, 0.2) is 60.7 Å². The van der Waals surface area contributed by atoms with Crippen molar-refractivity contribution < 1.29 is 22.7 Å². The molecule has 0 aliphatic heterocycles. The highest BCUT2D eigenvalue weighted by Gasteiger charge is 2.54. The van der Waals surface area contributed by atoms with Gasteiger partial charge < -0.3 is 14.9 Å². The van der Waals surface area contributed by atoms with Gasteiger partial charge in [-0.05, 0) is 28.3 Å². The third-order valence-electron chi connectivity index (χ3n) is 5.85. The molecule has 0 saturated heterocycles. The molecule has 4 nitrogen and oxygen atoms in total. The van der Waals surface area contributed by atoms with Crippen molar-refractivity contribution in [3.63, 3.8) is 0 Å². The summed E-state index contributed by atoms with van der Waals surface area (Å²) in [5.74, 6) is -0.891. The van der Waals surface area contributed by atoms with E-state index in [1.165, 1.54) is 0 Å². The molecule has 0 unspecified atom stereocenters. The fourth-order valence-electron chi connectivity index (χ4n) is 4.52. The molecule has 1 aliphatic rings. The highest BCUT2D eigenvalue weighted by Crippen LogP contribution is 2.42. The van der Waals surface area contributed by atoms with Crippen molar-refractivity contribution in [1.82, 2.24) is 0 Å². The quantitative estimate of drug-likeness (QED) is 0.699. The van der Waals surface area contributed by atoms with Crippen LogP contribution in [0.25, 0.3) is 0 Å². The average molecular weight is 434 g/mol. The molecule has 1 aliphatic carbocycles. The maximum absolute atomic E-state index is 13.5. The minimum absolute atomic E-state index is 0.0451. The molecule has 2 aromatic carbocycles. The number of carbonyl (C=O) groups is 1. The van der Waals surface area contributed by atoms with E-state index >= 15 is 0 Å². The maximum Gasteiger partial charge on any atom is 0.404 e. The summed E-state index contributed by atoms with van der Waals surface area (Å²) in [6, 6.07) is 19.9. The Morgan fingerprint density at radius 3 is 1.83 bits per heavy atom. The second-order valence-corrected chi connectivity index (χ2v) is 13.1. The number of hydrogen-bond donors (Lipinski definition) is 1. The standard InChI is InChI=1S/C23H29F2NO3Si/c1-23(2,3)30(17-10-6-4-7-11-17,18-12-8-5-9-13-18)29-20-15-16(21(24)25)14-19(20)28-22(26)27/h4-13,16,19-21H,14-15H2,1-3H3,(H2,26,27)/t16-,19-,20-/m1/s1. The van der Waals surface area contributed by atoms with Crippen molar-refractivity contribution >= 4 is 24.8 Å². The minimum atomic E-state index is -2.95. The van der Waals surface area contributed by atoms with E-state index in [0.29, 0.717) is 0 Å². The summed E-state index contributed by atoms with van der Waals surface area (Å²) in [6.45, 7) is 6.34. The largest absolute Gasteiger partial charge is 0.444 e. The first-order valence-corrected chi connectivity index (χ1v) is 12.1. The van der Waals surface area contributed by atoms with Crippen LogP contribution in [0.5, 0.6) is 0 Å². The highest BCUT2D eigenvalue weighted by molar-refractivity contribution is 6.99. The summed E-state index contributed by atoms with van der Waals surface area (Å²) in [7, 11) is -2.95. The van der Waals surface area contributed by atoms with E-state index in [2.05, 4.69) is 20.8 Å². The van der Waals surface area contributed by atoms with Crippen molar-refractivity contribution in [1.29, 1.82) is 0 Å². The lowest BCUT2D eigenvalue weighted by atomic mass is 10.1. The normalized spacial score (nSPS) is 22.3. The smallest absolute Gasteiger partial charge is 0.404 e. The van der Waals surface area contributed by atoms with Crippen LogP contribution in [-0.4, -0.2) is 33.0 Å². The van der Waals surface area contributed by atoms with Crippen LogP contribution < -0.4 is 16.1 Å². The lowest BCUT2D eigenvalue weighted by Crippen LogP contribution is -2.68. The van der Waals surface area contributed by atoms with Crippen LogP contribution in [-0.2, 0) is 9.16 Å². The van der Waals surface area contributed by atoms with Gasteiger partial charge in [-0.1, -0.05) is 81.4 Å². The zero-order chi connectivity index (χ0) is 21.9.